The Hall–Kier alpha value is -0.990. The van der Waals surface area contributed by atoms with Gasteiger partial charge in [-0.1, -0.05) is 25.5 Å². The number of amides is 1. The number of rotatable bonds is 4. The van der Waals surface area contributed by atoms with E-state index in [0.29, 0.717) is 6.54 Å². The molecule has 0 aliphatic carbocycles. The first-order valence-electron chi connectivity index (χ1n) is 5.07. The molecule has 0 unspecified atom stereocenters. The van der Waals surface area contributed by atoms with Crippen molar-refractivity contribution in [1.82, 2.24) is 5.32 Å². The third kappa shape index (κ3) is 9.10. The Kier molecular flexibility index (Phi) is 6.00. The SMILES string of the molecule is CCC/C=C\CNC(=O)OC(C)(C)C. The third-order valence-corrected chi connectivity index (χ3v) is 1.39. The highest BCUT2D eigenvalue weighted by atomic mass is 16.6. The number of unbranched alkanes of at least 4 members (excludes halogenated alkanes) is 1. The van der Waals surface area contributed by atoms with Gasteiger partial charge in [-0.2, -0.15) is 0 Å². The maximum Gasteiger partial charge on any atom is 0.407 e. The van der Waals surface area contributed by atoms with Crippen molar-refractivity contribution < 1.29 is 9.53 Å². The first-order chi connectivity index (χ1) is 6.45. The molecule has 0 bridgehead atoms. The molecule has 0 aliphatic heterocycles. The van der Waals surface area contributed by atoms with E-state index < -0.39 is 5.60 Å². The highest BCUT2D eigenvalue weighted by Crippen LogP contribution is 2.06. The van der Waals surface area contributed by atoms with Crippen molar-refractivity contribution in [2.24, 2.45) is 0 Å². The Labute approximate surface area is 86.5 Å². The van der Waals surface area contributed by atoms with Crippen molar-refractivity contribution in [2.45, 2.75) is 46.1 Å². The molecule has 82 valence electrons. The zero-order chi connectivity index (χ0) is 11.0. The topological polar surface area (TPSA) is 38.3 Å². The molecule has 14 heavy (non-hydrogen) atoms. The summed E-state index contributed by atoms with van der Waals surface area (Å²) in [7, 11) is 0. The molecule has 3 heteroatoms. The van der Waals surface area contributed by atoms with E-state index in [4.69, 9.17) is 4.74 Å². The van der Waals surface area contributed by atoms with Crippen LogP contribution in [0.1, 0.15) is 40.5 Å². The number of nitrogens with one attached hydrogen (secondary N) is 1. The lowest BCUT2D eigenvalue weighted by molar-refractivity contribution is 0.0534. The number of alkyl carbamates (subject to hydrolysis) is 1. The molecule has 0 aromatic carbocycles. The molecule has 0 rings (SSSR count). The molecule has 0 fully saturated rings. The van der Waals surface area contributed by atoms with E-state index in [1.165, 1.54) is 0 Å². The molecule has 1 amide bonds. The minimum absolute atomic E-state index is 0.362. The normalized spacial score (nSPS) is 11.7. The Morgan fingerprint density at radius 1 is 1.36 bits per heavy atom. The number of allylic oxidation sites excluding steroid dienone is 1. The summed E-state index contributed by atoms with van der Waals surface area (Å²) in [5.41, 5.74) is -0.419. The van der Waals surface area contributed by atoms with Crippen molar-refractivity contribution in [1.29, 1.82) is 0 Å². The fourth-order valence-electron chi connectivity index (χ4n) is 0.824. The zero-order valence-electron chi connectivity index (χ0n) is 9.59. The molecule has 0 saturated carbocycles. The van der Waals surface area contributed by atoms with Crippen molar-refractivity contribution in [3.05, 3.63) is 12.2 Å². The predicted octanol–water partition coefficient (Wildman–Crippen LogP) is 2.87. The lowest BCUT2D eigenvalue weighted by Crippen LogP contribution is -2.32. The first-order valence-corrected chi connectivity index (χ1v) is 5.07. The molecule has 0 aliphatic rings. The van der Waals surface area contributed by atoms with Gasteiger partial charge in [0.15, 0.2) is 0 Å². The first kappa shape index (κ1) is 13.0. The van der Waals surface area contributed by atoms with Crippen LogP contribution in [0.2, 0.25) is 0 Å². The molecule has 0 atom stereocenters. The van der Waals surface area contributed by atoms with E-state index in [2.05, 4.69) is 18.3 Å². The average molecular weight is 199 g/mol. The van der Waals surface area contributed by atoms with Crippen LogP contribution in [0.25, 0.3) is 0 Å². The third-order valence-electron chi connectivity index (χ3n) is 1.39. The standard InChI is InChI=1S/C11H21NO2/c1-5-6-7-8-9-12-10(13)14-11(2,3)4/h7-8H,5-6,9H2,1-4H3,(H,12,13)/b8-7-. The summed E-state index contributed by atoms with van der Waals surface area (Å²) in [6.45, 7) is 8.19. The van der Waals surface area contributed by atoms with E-state index in [0.717, 1.165) is 12.8 Å². The summed E-state index contributed by atoms with van der Waals surface area (Å²) in [6.07, 6.45) is 5.81. The van der Waals surface area contributed by atoms with E-state index in [1.54, 1.807) is 0 Å². The number of hydrogen-bond acceptors (Lipinski definition) is 2. The minimum Gasteiger partial charge on any atom is -0.444 e. The van der Waals surface area contributed by atoms with Crippen molar-refractivity contribution in [3.63, 3.8) is 0 Å². The molecule has 0 aromatic heterocycles. The van der Waals surface area contributed by atoms with Crippen LogP contribution in [0.5, 0.6) is 0 Å². The largest absolute Gasteiger partial charge is 0.444 e. The smallest absolute Gasteiger partial charge is 0.407 e. The summed E-state index contributed by atoms with van der Waals surface area (Å²) >= 11 is 0. The summed E-state index contributed by atoms with van der Waals surface area (Å²) in [6, 6.07) is 0. The number of ether oxygens (including phenoxy) is 1. The van der Waals surface area contributed by atoms with Gasteiger partial charge in [0.1, 0.15) is 5.60 Å². The maximum atomic E-state index is 11.1. The van der Waals surface area contributed by atoms with Crippen LogP contribution in [0.4, 0.5) is 4.79 Å². The van der Waals surface area contributed by atoms with Crippen LogP contribution >= 0.6 is 0 Å². The molecule has 0 spiro atoms. The average Bonchev–Trinajstić information content (AvgIpc) is 2.00. The molecule has 0 radical (unpaired) electrons. The van der Waals surface area contributed by atoms with Crippen LogP contribution in [0.15, 0.2) is 12.2 Å². The van der Waals surface area contributed by atoms with Gasteiger partial charge in [-0.15, -0.1) is 0 Å². The van der Waals surface area contributed by atoms with E-state index in [9.17, 15) is 4.79 Å². The number of carbonyl (C=O) groups excluding carboxylic acids is 1. The van der Waals surface area contributed by atoms with Crippen molar-refractivity contribution in [3.8, 4) is 0 Å². The Balaban J connectivity index is 3.55. The Morgan fingerprint density at radius 2 is 2.00 bits per heavy atom. The Morgan fingerprint density at radius 3 is 2.50 bits per heavy atom. The van der Waals surface area contributed by atoms with Gasteiger partial charge in [0.25, 0.3) is 0 Å². The highest BCUT2D eigenvalue weighted by Gasteiger charge is 2.14. The molecular formula is C11H21NO2. The molecule has 1 N–H and O–H groups in total. The molecule has 0 saturated heterocycles. The van der Waals surface area contributed by atoms with E-state index in [-0.39, 0.29) is 6.09 Å². The van der Waals surface area contributed by atoms with Gasteiger partial charge in [-0.05, 0) is 27.2 Å². The maximum absolute atomic E-state index is 11.1. The van der Waals surface area contributed by atoms with Crippen LogP contribution < -0.4 is 5.32 Å². The van der Waals surface area contributed by atoms with Gasteiger partial charge in [0.05, 0.1) is 0 Å². The summed E-state index contributed by atoms with van der Waals surface area (Å²) in [4.78, 5) is 11.1. The lowest BCUT2D eigenvalue weighted by atomic mass is 10.2. The van der Waals surface area contributed by atoms with Crippen LogP contribution in [0.3, 0.4) is 0 Å². The van der Waals surface area contributed by atoms with E-state index >= 15 is 0 Å². The van der Waals surface area contributed by atoms with E-state index in [1.807, 2.05) is 26.8 Å². The van der Waals surface area contributed by atoms with Gasteiger partial charge >= 0.3 is 6.09 Å². The second kappa shape index (κ2) is 6.46. The fourth-order valence-corrected chi connectivity index (χ4v) is 0.824. The van der Waals surface area contributed by atoms with Gasteiger partial charge in [0.2, 0.25) is 0 Å². The van der Waals surface area contributed by atoms with Crippen molar-refractivity contribution in [2.75, 3.05) is 6.54 Å². The van der Waals surface area contributed by atoms with Gasteiger partial charge < -0.3 is 10.1 Å². The summed E-state index contributed by atoms with van der Waals surface area (Å²) < 4.78 is 5.06. The molecular weight excluding hydrogens is 178 g/mol. The molecule has 0 heterocycles. The molecule has 3 nitrogen and oxygen atoms in total. The van der Waals surface area contributed by atoms with Gasteiger partial charge in [-0.3, -0.25) is 0 Å². The Bertz CT molecular complexity index is 192. The number of hydrogen-bond donors (Lipinski definition) is 1. The fraction of sp³-hybridized carbons (Fsp3) is 0.727. The quantitative estimate of drug-likeness (QED) is 0.707. The summed E-state index contributed by atoms with van der Waals surface area (Å²) in [5, 5.41) is 2.65. The monoisotopic (exact) mass is 199 g/mol. The highest BCUT2D eigenvalue weighted by molar-refractivity contribution is 5.67. The van der Waals surface area contributed by atoms with Crippen LogP contribution in [-0.2, 0) is 4.74 Å². The van der Waals surface area contributed by atoms with Gasteiger partial charge in [0, 0.05) is 6.54 Å². The molecule has 0 aromatic rings. The van der Waals surface area contributed by atoms with Gasteiger partial charge in [-0.25, -0.2) is 4.79 Å². The second-order valence-corrected chi connectivity index (χ2v) is 4.14. The van der Waals surface area contributed by atoms with Crippen molar-refractivity contribution >= 4 is 6.09 Å². The minimum atomic E-state index is -0.419. The van der Waals surface area contributed by atoms with Crippen LogP contribution in [-0.4, -0.2) is 18.2 Å². The summed E-state index contributed by atoms with van der Waals surface area (Å²) in [5.74, 6) is 0. The lowest BCUT2D eigenvalue weighted by Gasteiger charge is -2.19. The predicted molar refractivity (Wildman–Crippen MR) is 58.3 cm³/mol. The second-order valence-electron chi connectivity index (χ2n) is 4.14. The zero-order valence-corrected chi connectivity index (χ0v) is 9.59. The van der Waals surface area contributed by atoms with Crippen LogP contribution in [0, 0.1) is 0 Å². The number of carbonyl (C=O) groups is 1.